The topological polar surface area (TPSA) is 105 Å². The zero-order chi connectivity index (χ0) is 15.6. The highest BCUT2D eigenvalue weighted by atomic mass is 16.6. The minimum absolute atomic E-state index is 0.104. The van der Waals surface area contributed by atoms with Gasteiger partial charge in [0.2, 0.25) is 5.54 Å². The molecule has 0 aromatic carbocycles. The van der Waals surface area contributed by atoms with E-state index in [0.717, 1.165) is 12.8 Å². The minimum atomic E-state index is -1.75. The molecule has 116 valence electrons. The van der Waals surface area contributed by atoms with Gasteiger partial charge in [-0.2, -0.15) is 0 Å². The van der Waals surface area contributed by atoms with E-state index < -0.39 is 23.1 Å². The lowest BCUT2D eigenvalue weighted by molar-refractivity contribution is -0.174. The van der Waals surface area contributed by atoms with E-state index >= 15 is 0 Å². The van der Waals surface area contributed by atoms with Crippen molar-refractivity contribution in [2.75, 3.05) is 7.11 Å². The molecule has 20 heavy (non-hydrogen) atoms. The number of esters is 2. The van der Waals surface area contributed by atoms with Crippen LogP contribution in [0.5, 0.6) is 0 Å². The molecule has 0 amide bonds. The molecular formula is C14H26N2O4. The summed E-state index contributed by atoms with van der Waals surface area (Å²) in [6.07, 6.45) is 2.71. The number of methoxy groups -OCH3 is 1. The van der Waals surface area contributed by atoms with Crippen molar-refractivity contribution in [3.63, 3.8) is 0 Å². The molecule has 4 N–H and O–H groups in total. The van der Waals surface area contributed by atoms with Gasteiger partial charge in [-0.25, -0.2) is 9.59 Å². The third-order valence-corrected chi connectivity index (χ3v) is 3.68. The molecule has 1 saturated carbocycles. The van der Waals surface area contributed by atoms with Crippen molar-refractivity contribution in [2.24, 2.45) is 17.4 Å². The summed E-state index contributed by atoms with van der Waals surface area (Å²) in [6, 6.07) is 0.104. The number of ether oxygens (including phenoxy) is 2. The van der Waals surface area contributed by atoms with Crippen LogP contribution in [0.25, 0.3) is 0 Å². The van der Waals surface area contributed by atoms with Gasteiger partial charge < -0.3 is 20.9 Å². The van der Waals surface area contributed by atoms with Crippen LogP contribution < -0.4 is 11.5 Å². The lowest BCUT2D eigenvalue weighted by Gasteiger charge is -2.38. The predicted molar refractivity (Wildman–Crippen MR) is 74.7 cm³/mol. The van der Waals surface area contributed by atoms with Gasteiger partial charge in [0.05, 0.1) is 7.11 Å². The van der Waals surface area contributed by atoms with Crippen molar-refractivity contribution < 1.29 is 19.1 Å². The first-order chi connectivity index (χ1) is 9.11. The standard InChI is InChI=1S/C14H26N2O4/c1-13(2,3)20-12(18)14(16,11(17)19-4)9-5-7-10(15)8-6-9/h9-10H,5-8,15-16H2,1-4H3/t9-,10-,14-/m0/s1. The van der Waals surface area contributed by atoms with Gasteiger partial charge in [0, 0.05) is 6.04 Å². The highest BCUT2D eigenvalue weighted by Crippen LogP contribution is 2.33. The van der Waals surface area contributed by atoms with Crippen LogP contribution in [0, 0.1) is 5.92 Å². The average Bonchev–Trinajstić information content (AvgIpc) is 2.35. The summed E-state index contributed by atoms with van der Waals surface area (Å²) in [7, 11) is 1.23. The minimum Gasteiger partial charge on any atom is -0.467 e. The van der Waals surface area contributed by atoms with E-state index in [1.807, 2.05) is 0 Å². The van der Waals surface area contributed by atoms with Crippen LogP contribution in [0.3, 0.4) is 0 Å². The predicted octanol–water partition coefficient (Wildman–Crippen LogP) is 0.716. The molecule has 0 bridgehead atoms. The highest BCUT2D eigenvalue weighted by molar-refractivity contribution is 6.05. The van der Waals surface area contributed by atoms with E-state index in [1.54, 1.807) is 20.8 Å². The van der Waals surface area contributed by atoms with Crippen molar-refractivity contribution in [3.05, 3.63) is 0 Å². The Bertz CT molecular complexity index is 370. The van der Waals surface area contributed by atoms with Crippen molar-refractivity contribution in [1.29, 1.82) is 0 Å². The highest BCUT2D eigenvalue weighted by Gasteiger charge is 2.52. The molecule has 0 unspecified atom stereocenters. The number of carbonyl (C=O) groups excluding carboxylic acids is 2. The fourth-order valence-corrected chi connectivity index (χ4v) is 2.52. The Hall–Kier alpha value is -1.14. The largest absolute Gasteiger partial charge is 0.467 e. The molecule has 1 aliphatic carbocycles. The molecule has 0 heterocycles. The van der Waals surface area contributed by atoms with Gasteiger partial charge in [0.25, 0.3) is 0 Å². The molecule has 0 aromatic rings. The smallest absolute Gasteiger partial charge is 0.338 e. The summed E-state index contributed by atoms with van der Waals surface area (Å²) in [5, 5.41) is 0. The molecule has 0 spiro atoms. The van der Waals surface area contributed by atoms with Crippen molar-refractivity contribution in [1.82, 2.24) is 0 Å². The normalized spacial score (nSPS) is 26.5. The summed E-state index contributed by atoms with van der Waals surface area (Å²) in [5.74, 6) is -1.77. The maximum absolute atomic E-state index is 12.4. The number of carbonyl (C=O) groups is 2. The maximum Gasteiger partial charge on any atom is 0.338 e. The van der Waals surface area contributed by atoms with Crippen LogP contribution in [0.4, 0.5) is 0 Å². The molecule has 0 radical (unpaired) electrons. The zero-order valence-electron chi connectivity index (χ0n) is 12.8. The number of nitrogens with two attached hydrogens (primary N) is 2. The van der Waals surface area contributed by atoms with Crippen molar-refractivity contribution in [3.8, 4) is 0 Å². The van der Waals surface area contributed by atoms with Gasteiger partial charge >= 0.3 is 11.9 Å². The summed E-state index contributed by atoms with van der Waals surface area (Å²) in [5.41, 5.74) is 9.53. The fourth-order valence-electron chi connectivity index (χ4n) is 2.52. The Kier molecular flexibility index (Phi) is 5.15. The van der Waals surface area contributed by atoms with E-state index in [-0.39, 0.29) is 12.0 Å². The van der Waals surface area contributed by atoms with Crippen LogP contribution in [0.1, 0.15) is 46.5 Å². The van der Waals surface area contributed by atoms with Gasteiger partial charge in [-0.05, 0) is 52.4 Å². The van der Waals surface area contributed by atoms with E-state index in [2.05, 4.69) is 0 Å². The van der Waals surface area contributed by atoms with E-state index in [9.17, 15) is 9.59 Å². The molecule has 6 heteroatoms. The lowest BCUT2D eigenvalue weighted by Crippen LogP contribution is -2.63. The lowest BCUT2D eigenvalue weighted by atomic mass is 9.73. The molecule has 6 nitrogen and oxygen atoms in total. The third-order valence-electron chi connectivity index (χ3n) is 3.68. The van der Waals surface area contributed by atoms with Gasteiger partial charge in [0.15, 0.2) is 0 Å². The van der Waals surface area contributed by atoms with Crippen molar-refractivity contribution >= 4 is 11.9 Å². The fraction of sp³-hybridized carbons (Fsp3) is 0.857. The van der Waals surface area contributed by atoms with Crippen LogP contribution in [-0.2, 0) is 19.1 Å². The van der Waals surface area contributed by atoms with Crippen LogP contribution >= 0.6 is 0 Å². The van der Waals surface area contributed by atoms with E-state index in [1.165, 1.54) is 7.11 Å². The Morgan fingerprint density at radius 1 is 1.05 bits per heavy atom. The molecular weight excluding hydrogens is 260 g/mol. The van der Waals surface area contributed by atoms with Crippen molar-refractivity contribution in [2.45, 2.75) is 63.6 Å². The monoisotopic (exact) mass is 286 g/mol. The third kappa shape index (κ3) is 3.70. The molecule has 0 aliphatic heterocycles. The molecule has 1 aliphatic rings. The molecule has 1 fully saturated rings. The van der Waals surface area contributed by atoms with Crippen LogP contribution in [-0.4, -0.2) is 36.2 Å². The van der Waals surface area contributed by atoms with Crippen LogP contribution in [0.15, 0.2) is 0 Å². The van der Waals surface area contributed by atoms with Gasteiger partial charge in [-0.3, -0.25) is 0 Å². The van der Waals surface area contributed by atoms with Gasteiger partial charge in [-0.15, -0.1) is 0 Å². The summed E-state index contributed by atoms with van der Waals surface area (Å²) in [4.78, 5) is 24.4. The summed E-state index contributed by atoms with van der Waals surface area (Å²) in [6.45, 7) is 5.21. The molecule has 0 saturated heterocycles. The number of rotatable bonds is 3. The first-order valence-corrected chi connectivity index (χ1v) is 6.97. The summed E-state index contributed by atoms with van der Waals surface area (Å²) < 4.78 is 10.0. The SMILES string of the molecule is COC(=O)[C@](N)(C(=O)OC(C)(C)C)[C@H]1CC[C@H](N)CC1. The van der Waals surface area contributed by atoms with E-state index in [4.69, 9.17) is 20.9 Å². The quantitative estimate of drug-likeness (QED) is 0.585. The Balaban J connectivity index is 2.97. The molecule has 1 atom stereocenters. The number of hydrogen-bond donors (Lipinski definition) is 2. The Labute approximate surface area is 120 Å². The second kappa shape index (κ2) is 6.10. The summed E-state index contributed by atoms with van der Waals surface area (Å²) >= 11 is 0. The first-order valence-electron chi connectivity index (χ1n) is 6.97. The van der Waals surface area contributed by atoms with Crippen LogP contribution in [0.2, 0.25) is 0 Å². The molecule has 1 rings (SSSR count). The van der Waals surface area contributed by atoms with Gasteiger partial charge in [-0.1, -0.05) is 0 Å². The average molecular weight is 286 g/mol. The second-order valence-corrected chi connectivity index (χ2v) is 6.47. The maximum atomic E-state index is 12.4. The molecule has 0 aromatic heterocycles. The Morgan fingerprint density at radius 3 is 1.95 bits per heavy atom. The zero-order valence-corrected chi connectivity index (χ0v) is 12.8. The second-order valence-electron chi connectivity index (χ2n) is 6.47. The van der Waals surface area contributed by atoms with Gasteiger partial charge in [0.1, 0.15) is 5.60 Å². The first kappa shape index (κ1) is 16.9. The number of hydrogen-bond acceptors (Lipinski definition) is 6. The van der Waals surface area contributed by atoms with E-state index in [0.29, 0.717) is 12.8 Å². The Morgan fingerprint density at radius 2 is 1.55 bits per heavy atom.